The summed E-state index contributed by atoms with van der Waals surface area (Å²) in [5.74, 6) is 1.48. The average molecular weight is 446 g/mol. The molecule has 0 fully saturated rings. The summed E-state index contributed by atoms with van der Waals surface area (Å²) in [5.41, 5.74) is 6.25. The van der Waals surface area contributed by atoms with Gasteiger partial charge in [-0.3, -0.25) is 9.13 Å². The van der Waals surface area contributed by atoms with Crippen LogP contribution in [0.2, 0.25) is 0 Å². The van der Waals surface area contributed by atoms with Gasteiger partial charge in [-0.05, 0) is 50.3 Å². The van der Waals surface area contributed by atoms with E-state index in [1.807, 2.05) is 71.5 Å². The predicted molar refractivity (Wildman–Crippen MR) is 127 cm³/mol. The molecular weight excluding hydrogens is 428 g/mol. The summed E-state index contributed by atoms with van der Waals surface area (Å²) >= 11 is 0. The predicted octanol–water partition coefficient (Wildman–Crippen LogP) is 3.52. The second-order valence-electron chi connectivity index (χ2n) is 7.67. The van der Waals surface area contributed by atoms with Gasteiger partial charge < -0.3 is 0 Å². The number of pyridine rings is 2. The molecule has 0 saturated carbocycles. The number of imidazole rings is 2. The van der Waals surface area contributed by atoms with Crippen molar-refractivity contribution in [3.05, 3.63) is 84.5 Å². The summed E-state index contributed by atoms with van der Waals surface area (Å²) < 4.78 is 3.80. The Kier molecular flexibility index (Phi) is 4.61. The van der Waals surface area contributed by atoms with E-state index in [1.165, 1.54) is 12.7 Å². The number of rotatable bonds is 4. The molecule has 0 radical (unpaired) electrons. The van der Waals surface area contributed by atoms with Crippen LogP contribution in [-0.4, -0.2) is 49.0 Å². The van der Waals surface area contributed by atoms with Gasteiger partial charge in [0.1, 0.15) is 48.0 Å². The summed E-state index contributed by atoms with van der Waals surface area (Å²) in [6, 6.07) is 11.7. The van der Waals surface area contributed by atoms with Crippen LogP contribution in [0.4, 0.5) is 0 Å². The van der Waals surface area contributed by atoms with Gasteiger partial charge in [-0.1, -0.05) is 12.1 Å². The molecule has 6 aromatic rings. The third-order valence-corrected chi connectivity index (χ3v) is 5.47. The number of nitrogens with zero attached hydrogens (tertiary/aromatic N) is 10. The Hall–Kier alpha value is -4.86. The maximum Gasteiger partial charge on any atom is 0.181 e. The fourth-order valence-corrected chi connectivity index (χ4v) is 3.85. The lowest BCUT2D eigenvalue weighted by Crippen LogP contribution is -2.00. The summed E-state index contributed by atoms with van der Waals surface area (Å²) in [6.45, 7) is 3.86. The fourth-order valence-electron chi connectivity index (χ4n) is 3.85. The average Bonchev–Trinajstić information content (AvgIpc) is 3.50. The monoisotopic (exact) mass is 446 g/mol. The summed E-state index contributed by atoms with van der Waals surface area (Å²) in [6.07, 6.45) is 10.3. The molecule has 0 saturated heterocycles. The zero-order valence-electron chi connectivity index (χ0n) is 18.4. The van der Waals surface area contributed by atoms with Crippen molar-refractivity contribution in [1.29, 1.82) is 0 Å². The normalized spacial score (nSPS) is 11.7. The first-order valence-electron chi connectivity index (χ1n) is 10.6. The van der Waals surface area contributed by atoms with E-state index in [4.69, 9.17) is 9.97 Å². The molecule has 0 aliphatic rings. The molecule has 0 aliphatic heterocycles. The zero-order chi connectivity index (χ0) is 23.1. The number of hydrogen-bond donors (Lipinski definition) is 0. The molecule has 6 aromatic heterocycles. The SMILES string of the molecule is Cc1ncnc2ncn(-c3cccc(/C=C\c4cccc(-n5cnc6ncnc(C)c65)n4)n3)c12. The lowest BCUT2D eigenvalue weighted by atomic mass is 10.2. The largest absolute Gasteiger partial charge is 0.280 e. The Labute approximate surface area is 193 Å². The van der Waals surface area contributed by atoms with Crippen molar-refractivity contribution >= 4 is 34.5 Å². The molecule has 0 unspecified atom stereocenters. The van der Waals surface area contributed by atoms with Gasteiger partial charge >= 0.3 is 0 Å². The first-order chi connectivity index (χ1) is 16.7. The molecule has 0 amide bonds. The minimum absolute atomic E-state index is 0.643. The molecule has 164 valence electrons. The zero-order valence-corrected chi connectivity index (χ0v) is 18.4. The second kappa shape index (κ2) is 7.93. The van der Waals surface area contributed by atoms with E-state index in [1.54, 1.807) is 12.7 Å². The van der Waals surface area contributed by atoms with Crippen molar-refractivity contribution in [3.63, 3.8) is 0 Å². The van der Waals surface area contributed by atoms with Gasteiger partial charge in [-0.15, -0.1) is 0 Å². The maximum atomic E-state index is 4.77. The van der Waals surface area contributed by atoms with Crippen molar-refractivity contribution in [1.82, 2.24) is 49.0 Å². The van der Waals surface area contributed by atoms with Gasteiger partial charge in [0.25, 0.3) is 0 Å². The molecule has 0 spiro atoms. The molecule has 6 heterocycles. The van der Waals surface area contributed by atoms with Crippen molar-refractivity contribution in [2.24, 2.45) is 0 Å². The van der Waals surface area contributed by atoms with Gasteiger partial charge in [-0.2, -0.15) is 0 Å². The smallest absolute Gasteiger partial charge is 0.181 e. The minimum Gasteiger partial charge on any atom is -0.280 e. The first-order valence-corrected chi connectivity index (χ1v) is 10.6. The fraction of sp³-hybridized carbons (Fsp3) is 0.0833. The Bertz CT molecular complexity index is 1570. The van der Waals surface area contributed by atoms with Crippen LogP contribution in [0.5, 0.6) is 0 Å². The molecule has 34 heavy (non-hydrogen) atoms. The third-order valence-electron chi connectivity index (χ3n) is 5.47. The van der Waals surface area contributed by atoms with Gasteiger partial charge in [-0.25, -0.2) is 39.9 Å². The Balaban J connectivity index is 1.33. The minimum atomic E-state index is 0.643. The van der Waals surface area contributed by atoms with Crippen molar-refractivity contribution in [2.45, 2.75) is 13.8 Å². The number of fused-ring (bicyclic) bond motifs is 2. The summed E-state index contributed by atoms with van der Waals surface area (Å²) in [7, 11) is 0. The molecule has 6 rings (SSSR count). The van der Waals surface area contributed by atoms with Crippen LogP contribution in [0.1, 0.15) is 22.8 Å². The van der Waals surface area contributed by atoms with E-state index in [0.29, 0.717) is 11.3 Å². The van der Waals surface area contributed by atoms with Crippen LogP contribution in [-0.2, 0) is 0 Å². The molecule has 10 heteroatoms. The molecule has 0 aromatic carbocycles. The van der Waals surface area contributed by atoms with Gasteiger partial charge in [0.15, 0.2) is 11.3 Å². The number of aryl methyl sites for hydroxylation is 2. The molecule has 0 bridgehead atoms. The third kappa shape index (κ3) is 3.37. The van der Waals surface area contributed by atoms with Crippen LogP contribution in [0, 0.1) is 13.8 Å². The molecule has 0 atom stereocenters. The van der Waals surface area contributed by atoms with E-state index < -0.39 is 0 Å². The van der Waals surface area contributed by atoms with Crippen LogP contribution in [0.3, 0.4) is 0 Å². The van der Waals surface area contributed by atoms with Crippen molar-refractivity contribution < 1.29 is 0 Å². The summed E-state index contributed by atoms with van der Waals surface area (Å²) in [5, 5.41) is 0. The quantitative estimate of drug-likeness (QED) is 0.404. The topological polar surface area (TPSA) is 113 Å². The van der Waals surface area contributed by atoms with Crippen molar-refractivity contribution in [3.8, 4) is 11.6 Å². The molecule has 0 N–H and O–H groups in total. The standard InChI is InChI=1S/C24H18N10/c1-15-21-23(27-11-25-15)29-13-33(21)19-7-3-5-17(31-19)9-10-18-6-4-8-20(32-18)34-14-30-24-22(34)16(2)26-12-28-24/h3-14H,1-2H3/b10-9-. The van der Waals surface area contributed by atoms with E-state index in [2.05, 4.69) is 29.9 Å². The van der Waals surface area contributed by atoms with Crippen molar-refractivity contribution in [2.75, 3.05) is 0 Å². The van der Waals surface area contributed by atoms with E-state index in [-0.39, 0.29) is 0 Å². The van der Waals surface area contributed by atoms with E-state index >= 15 is 0 Å². The van der Waals surface area contributed by atoms with Crippen LogP contribution < -0.4 is 0 Å². The van der Waals surface area contributed by atoms with E-state index in [9.17, 15) is 0 Å². The summed E-state index contributed by atoms with van der Waals surface area (Å²) in [4.78, 5) is 35.3. The number of aromatic nitrogens is 10. The van der Waals surface area contributed by atoms with Crippen LogP contribution >= 0.6 is 0 Å². The Morgan fingerprint density at radius 3 is 1.53 bits per heavy atom. The van der Waals surface area contributed by atoms with Crippen LogP contribution in [0.15, 0.2) is 61.7 Å². The van der Waals surface area contributed by atoms with Gasteiger partial charge in [0.05, 0.1) is 22.8 Å². The molecular formula is C24H18N10. The lowest BCUT2D eigenvalue weighted by molar-refractivity contribution is 1.00. The van der Waals surface area contributed by atoms with Gasteiger partial charge in [0.2, 0.25) is 0 Å². The highest BCUT2D eigenvalue weighted by Crippen LogP contribution is 2.19. The Morgan fingerprint density at radius 1 is 0.588 bits per heavy atom. The first kappa shape index (κ1) is 19.8. The molecule has 10 nitrogen and oxygen atoms in total. The van der Waals surface area contributed by atoms with Crippen LogP contribution in [0.25, 0.3) is 46.1 Å². The highest BCUT2D eigenvalue weighted by atomic mass is 15.2. The van der Waals surface area contributed by atoms with Gasteiger partial charge in [0, 0.05) is 0 Å². The number of hydrogen-bond acceptors (Lipinski definition) is 8. The second-order valence-corrected chi connectivity index (χ2v) is 7.67. The highest BCUT2D eigenvalue weighted by molar-refractivity contribution is 5.76. The maximum absolute atomic E-state index is 4.77. The molecule has 0 aliphatic carbocycles. The van der Waals surface area contributed by atoms with E-state index in [0.717, 1.165) is 45.4 Å². The lowest BCUT2D eigenvalue weighted by Gasteiger charge is -2.06. The highest BCUT2D eigenvalue weighted by Gasteiger charge is 2.11. The Morgan fingerprint density at radius 2 is 1.06 bits per heavy atom.